The number of carbonyl (C=O) groups is 1. The summed E-state index contributed by atoms with van der Waals surface area (Å²) in [6, 6.07) is 8.18. The van der Waals surface area contributed by atoms with Crippen LogP contribution < -0.4 is 0 Å². The van der Waals surface area contributed by atoms with Crippen LogP contribution in [-0.4, -0.2) is 5.97 Å². The number of allylic oxidation sites excluding steroid dienone is 1. The van der Waals surface area contributed by atoms with E-state index in [1.165, 1.54) is 0 Å². The molecule has 3 heteroatoms. The first-order valence-corrected chi connectivity index (χ1v) is 4.01. The highest BCUT2D eigenvalue weighted by atomic mass is 16.5. The summed E-state index contributed by atoms with van der Waals surface area (Å²) in [5, 5.41) is 8.53. The first-order chi connectivity index (χ1) is 6.63. The Morgan fingerprint density at radius 1 is 1.43 bits per heavy atom. The van der Waals surface area contributed by atoms with Crippen molar-refractivity contribution in [2.24, 2.45) is 0 Å². The van der Waals surface area contributed by atoms with Gasteiger partial charge in [0.05, 0.1) is 23.0 Å². The minimum Gasteiger partial charge on any atom is -0.428 e. The number of nitriles is 1. The second-order valence-electron chi connectivity index (χ2n) is 2.78. The molecule has 0 radical (unpaired) electrons. The van der Waals surface area contributed by atoms with Crippen LogP contribution in [0.3, 0.4) is 0 Å². The zero-order valence-corrected chi connectivity index (χ0v) is 7.78. The van der Waals surface area contributed by atoms with Gasteiger partial charge < -0.3 is 4.74 Å². The maximum absolute atomic E-state index is 11.3. The summed E-state index contributed by atoms with van der Waals surface area (Å²) < 4.78 is 4.79. The van der Waals surface area contributed by atoms with Crippen LogP contribution in [0, 0.1) is 11.3 Å². The number of rotatable bonds is 2. The summed E-state index contributed by atoms with van der Waals surface area (Å²) in [6.45, 7) is 5.06. The van der Waals surface area contributed by atoms with Crippen molar-refractivity contribution in [3.63, 3.8) is 0 Å². The molecule has 0 spiro atoms. The van der Waals surface area contributed by atoms with E-state index >= 15 is 0 Å². The average molecular weight is 187 g/mol. The maximum Gasteiger partial charge on any atom is 0.343 e. The van der Waals surface area contributed by atoms with Crippen LogP contribution >= 0.6 is 0 Å². The third-order valence-electron chi connectivity index (χ3n) is 1.52. The SMILES string of the molecule is C=C(C)OC(=O)c1ccc(C#N)cc1. The smallest absolute Gasteiger partial charge is 0.343 e. The molecule has 0 N–H and O–H groups in total. The lowest BCUT2D eigenvalue weighted by atomic mass is 10.1. The van der Waals surface area contributed by atoms with Crippen LogP contribution in [-0.2, 0) is 4.74 Å². The van der Waals surface area contributed by atoms with Crippen LogP contribution in [0.15, 0.2) is 36.6 Å². The van der Waals surface area contributed by atoms with Gasteiger partial charge in [-0.2, -0.15) is 5.26 Å². The Morgan fingerprint density at radius 3 is 2.43 bits per heavy atom. The molecule has 70 valence electrons. The molecule has 14 heavy (non-hydrogen) atoms. The molecule has 1 aromatic rings. The summed E-state index contributed by atoms with van der Waals surface area (Å²) in [5.74, 6) is -0.110. The standard InChI is InChI=1S/C11H9NO2/c1-8(2)14-11(13)10-5-3-9(7-12)4-6-10/h3-6H,1H2,2H3. The predicted octanol–water partition coefficient (Wildman–Crippen LogP) is 2.25. The number of ether oxygens (including phenoxy) is 1. The van der Waals surface area contributed by atoms with E-state index in [0.717, 1.165) is 0 Å². The Kier molecular flexibility index (Phi) is 3.03. The minimum absolute atomic E-state index is 0.347. The molecule has 0 unspecified atom stereocenters. The lowest BCUT2D eigenvalue weighted by molar-refractivity contribution is 0.0628. The van der Waals surface area contributed by atoms with Crippen molar-refractivity contribution in [2.45, 2.75) is 6.92 Å². The van der Waals surface area contributed by atoms with Gasteiger partial charge in [-0.05, 0) is 31.2 Å². The lowest BCUT2D eigenvalue weighted by Gasteiger charge is -2.02. The van der Waals surface area contributed by atoms with Crippen LogP contribution in [0.5, 0.6) is 0 Å². The lowest BCUT2D eigenvalue weighted by Crippen LogP contribution is -2.02. The van der Waals surface area contributed by atoms with Gasteiger partial charge in [-0.3, -0.25) is 0 Å². The number of hydrogen-bond acceptors (Lipinski definition) is 3. The number of nitrogens with zero attached hydrogens (tertiary/aromatic N) is 1. The molecule has 0 aliphatic heterocycles. The van der Waals surface area contributed by atoms with Gasteiger partial charge in [0.2, 0.25) is 0 Å². The highest BCUT2D eigenvalue weighted by Gasteiger charge is 2.06. The topological polar surface area (TPSA) is 50.1 Å². The van der Waals surface area contributed by atoms with Crippen molar-refractivity contribution in [3.8, 4) is 6.07 Å². The van der Waals surface area contributed by atoms with Gasteiger partial charge >= 0.3 is 5.97 Å². The molecule has 0 saturated heterocycles. The third kappa shape index (κ3) is 2.46. The van der Waals surface area contributed by atoms with E-state index in [4.69, 9.17) is 10.00 Å². The second-order valence-corrected chi connectivity index (χ2v) is 2.78. The van der Waals surface area contributed by atoms with Gasteiger partial charge in [0.25, 0.3) is 0 Å². The van der Waals surface area contributed by atoms with Crippen LogP contribution in [0.4, 0.5) is 0 Å². The van der Waals surface area contributed by atoms with Crippen molar-refractivity contribution in [1.29, 1.82) is 5.26 Å². The number of hydrogen-bond donors (Lipinski definition) is 0. The molecule has 1 rings (SSSR count). The van der Waals surface area contributed by atoms with Gasteiger partial charge in [0.1, 0.15) is 0 Å². The molecule has 0 amide bonds. The van der Waals surface area contributed by atoms with Gasteiger partial charge in [-0.15, -0.1) is 0 Å². The molecule has 0 saturated carbocycles. The molecule has 0 bridgehead atoms. The fourth-order valence-electron chi connectivity index (χ4n) is 0.898. The van der Waals surface area contributed by atoms with Gasteiger partial charge in [-0.1, -0.05) is 6.58 Å². The molecule has 0 aliphatic rings. The fraction of sp³-hybridized carbons (Fsp3) is 0.0909. The molecule has 0 fully saturated rings. The van der Waals surface area contributed by atoms with E-state index in [1.54, 1.807) is 31.2 Å². The van der Waals surface area contributed by atoms with E-state index in [1.807, 2.05) is 6.07 Å². The Hall–Kier alpha value is -2.08. The van der Waals surface area contributed by atoms with Crippen molar-refractivity contribution in [3.05, 3.63) is 47.7 Å². The molecule has 0 aliphatic carbocycles. The first-order valence-electron chi connectivity index (χ1n) is 4.01. The number of esters is 1. The molecular formula is C11H9NO2. The zero-order chi connectivity index (χ0) is 10.6. The van der Waals surface area contributed by atoms with E-state index in [9.17, 15) is 4.79 Å². The largest absolute Gasteiger partial charge is 0.428 e. The zero-order valence-electron chi connectivity index (χ0n) is 7.78. The van der Waals surface area contributed by atoms with Crippen LogP contribution in [0.25, 0.3) is 0 Å². The summed E-state index contributed by atoms with van der Waals surface area (Å²) in [4.78, 5) is 11.3. The average Bonchev–Trinajstić information content (AvgIpc) is 2.17. The van der Waals surface area contributed by atoms with Crippen molar-refractivity contribution >= 4 is 5.97 Å². The Balaban J connectivity index is 2.83. The quantitative estimate of drug-likeness (QED) is 0.527. The molecule has 1 aromatic carbocycles. The van der Waals surface area contributed by atoms with E-state index in [-0.39, 0.29) is 0 Å². The molecule has 0 heterocycles. The molecular weight excluding hydrogens is 178 g/mol. The van der Waals surface area contributed by atoms with E-state index in [2.05, 4.69) is 6.58 Å². The second kappa shape index (κ2) is 4.24. The normalized spacial score (nSPS) is 8.86. The van der Waals surface area contributed by atoms with Gasteiger partial charge in [-0.25, -0.2) is 4.79 Å². The Bertz CT molecular complexity index is 398. The summed E-state index contributed by atoms with van der Waals surface area (Å²) in [7, 11) is 0. The van der Waals surface area contributed by atoms with Gasteiger partial charge in [0, 0.05) is 0 Å². The summed E-state index contributed by atoms with van der Waals surface area (Å²) >= 11 is 0. The highest BCUT2D eigenvalue weighted by molar-refractivity contribution is 5.90. The number of benzene rings is 1. The molecule has 3 nitrogen and oxygen atoms in total. The summed E-state index contributed by atoms with van der Waals surface area (Å²) in [5.41, 5.74) is 0.920. The summed E-state index contributed by atoms with van der Waals surface area (Å²) in [6.07, 6.45) is 0. The first kappa shape index (κ1) is 10.0. The predicted molar refractivity (Wildman–Crippen MR) is 51.4 cm³/mol. The minimum atomic E-state index is -0.456. The van der Waals surface area contributed by atoms with Crippen molar-refractivity contribution in [2.75, 3.05) is 0 Å². The van der Waals surface area contributed by atoms with Crippen LogP contribution in [0.2, 0.25) is 0 Å². The molecule has 0 aromatic heterocycles. The van der Waals surface area contributed by atoms with Crippen molar-refractivity contribution in [1.82, 2.24) is 0 Å². The monoisotopic (exact) mass is 187 g/mol. The van der Waals surface area contributed by atoms with Gasteiger partial charge in [0.15, 0.2) is 0 Å². The fourth-order valence-corrected chi connectivity index (χ4v) is 0.898. The maximum atomic E-state index is 11.3. The Labute approximate surface area is 82.2 Å². The van der Waals surface area contributed by atoms with E-state index < -0.39 is 5.97 Å². The Morgan fingerprint density at radius 2 is 2.00 bits per heavy atom. The van der Waals surface area contributed by atoms with Crippen LogP contribution in [0.1, 0.15) is 22.8 Å². The number of carbonyl (C=O) groups excluding carboxylic acids is 1. The third-order valence-corrected chi connectivity index (χ3v) is 1.52. The van der Waals surface area contributed by atoms with Crippen molar-refractivity contribution < 1.29 is 9.53 Å². The highest BCUT2D eigenvalue weighted by Crippen LogP contribution is 2.06. The molecule has 0 atom stereocenters. The van der Waals surface area contributed by atoms with E-state index in [0.29, 0.717) is 16.9 Å².